The molecule has 3 rings (SSSR count). The fraction of sp³-hybridized carbons (Fsp3) is 0.333. The molecule has 0 heterocycles. The molecule has 0 bridgehead atoms. The minimum absolute atomic E-state index is 0.000753. The van der Waals surface area contributed by atoms with Gasteiger partial charge in [0.1, 0.15) is 5.25 Å². The van der Waals surface area contributed by atoms with Crippen LogP contribution >= 0.6 is 27.5 Å². The van der Waals surface area contributed by atoms with Gasteiger partial charge in [0.25, 0.3) is 0 Å². The van der Waals surface area contributed by atoms with Crippen molar-refractivity contribution in [2.45, 2.75) is 29.9 Å². The summed E-state index contributed by atoms with van der Waals surface area (Å²) in [4.78, 5) is 26.0. The van der Waals surface area contributed by atoms with Crippen molar-refractivity contribution in [3.63, 3.8) is 0 Å². The highest BCUT2D eigenvalue weighted by atomic mass is 79.9. The van der Waals surface area contributed by atoms with E-state index in [1.165, 1.54) is 24.3 Å². The third-order valence-electron chi connectivity index (χ3n) is 5.06. The maximum absolute atomic E-state index is 13.5. The number of halogens is 2. The predicted octanol–water partition coefficient (Wildman–Crippen LogP) is 4.15. The molecule has 1 fully saturated rings. The highest BCUT2D eigenvalue weighted by Crippen LogP contribution is 2.65. The van der Waals surface area contributed by atoms with Gasteiger partial charge in [0, 0.05) is 15.4 Å². The van der Waals surface area contributed by atoms with E-state index in [9.17, 15) is 18.0 Å². The Balaban J connectivity index is 2.19. The number of benzene rings is 2. The lowest BCUT2D eigenvalue weighted by molar-refractivity contribution is -0.164. The summed E-state index contributed by atoms with van der Waals surface area (Å²) in [6.45, 7) is 3.19. The average Bonchev–Trinajstić information content (AvgIpc) is 3.42. The van der Waals surface area contributed by atoms with Crippen LogP contribution in [0.2, 0.25) is 5.02 Å². The van der Waals surface area contributed by atoms with Gasteiger partial charge < -0.3 is 9.47 Å². The first-order chi connectivity index (χ1) is 14.2. The van der Waals surface area contributed by atoms with Crippen molar-refractivity contribution in [1.82, 2.24) is 0 Å². The first kappa shape index (κ1) is 22.8. The summed E-state index contributed by atoms with van der Waals surface area (Å²) in [7, 11) is -4.10. The van der Waals surface area contributed by atoms with Gasteiger partial charge in [0.2, 0.25) is 0 Å². The summed E-state index contributed by atoms with van der Waals surface area (Å²) in [5.74, 6) is -2.75. The smallest absolute Gasteiger partial charge is 0.325 e. The number of hydrogen-bond acceptors (Lipinski definition) is 6. The van der Waals surface area contributed by atoms with Gasteiger partial charge in [-0.2, -0.15) is 0 Å². The predicted molar refractivity (Wildman–Crippen MR) is 115 cm³/mol. The lowest BCUT2D eigenvalue weighted by Gasteiger charge is -2.15. The molecule has 0 aliphatic heterocycles. The molecule has 1 aliphatic rings. The molecule has 1 saturated carbocycles. The van der Waals surface area contributed by atoms with Crippen molar-refractivity contribution in [1.29, 1.82) is 0 Å². The molecule has 0 saturated heterocycles. The number of rotatable bonds is 7. The van der Waals surface area contributed by atoms with E-state index in [4.69, 9.17) is 21.1 Å². The zero-order valence-electron chi connectivity index (χ0n) is 16.3. The maximum atomic E-state index is 13.5. The van der Waals surface area contributed by atoms with Crippen LogP contribution < -0.4 is 0 Å². The average molecular weight is 516 g/mol. The van der Waals surface area contributed by atoms with Crippen LogP contribution in [-0.4, -0.2) is 38.8 Å². The van der Waals surface area contributed by atoms with Crippen molar-refractivity contribution in [3.05, 3.63) is 63.6 Å². The zero-order chi connectivity index (χ0) is 22.1. The fourth-order valence-electron chi connectivity index (χ4n) is 3.73. The molecular formula is C21H20BrClO6S. The SMILES string of the molecule is CCOC(=O)C1(C(=O)OCC)[C@H](S(=O)(=O)c2ccc(Cl)cc2)[C@@H]1c1ccc(Br)cc1. The van der Waals surface area contributed by atoms with Crippen molar-refractivity contribution in [3.8, 4) is 0 Å². The Morgan fingerprint density at radius 3 is 1.93 bits per heavy atom. The van der Waals surface area contributed by atoms with Gasteiger partial charge in [-0.15, -0.1) is 0 Å². The van der Waals surface area contributed by atoms with E-state index in [1.807, 2.05) is 0 Å². The van der Waals surface area contributed by atoms with E-state index in [2.05, 4.69) is 15.9 Å². The Morgan fingerprint density at radius 1 is 0.967 bits per heavy atom. The lowest BCUT2D eigenvalue weighted by atomic mass is 9.99. The second kappa shape index (κ2) is 8.69. The molecular weight excluding hydrogens is 496 g/mol. The van der Waals surface area contributed by atoms with Crippen LogP contribution in [0.15, 0.2) is 57.9 Å². The summed E-state index contributed by atoms with van der Waals surface area (Å²) in [6, 6.07) is 12.4. The van der Waals surface area contributed by atoms with Crippen molar-refractivity contribution < 1.29 is 27.5 Å². The number of ether oxygens (including phenoxy) is 2. The minimum Gasteiger partial charge on any atom is -0.465 e. The molecule has 0 radical (unpaired) electrons. The van der Waals surface area contributed by atoms with Crippen LogP contribution in [0, 0.1) is 5.41 Å². The van der Waals surface area contributed by atoms with Crippen molar-refractivity contribution in [2.24, 2.45) is 5.41 Å². The summed E-state index contributed by atoms with van der Waals surface area (Å²) in [6.07, 6.45) is 0. The first-order valence-electron chi connectivity index (χ1n) is 9.30. The monoisotopic (exact) mass is 514 g/mol. The molecule has 30 heavy (non-hydrogen) atoms. The van der Waals surface area contributed by atoms with Crippen LogP contribution in [-0.2, 0) is 28.9 Å². The molecule has 0 unspecified atom stereocenters. The molecule has 0 spiro atoms. The Kier molecular flexibility index (Phi) is 6.60. The van der Waals surface area contributed by atoms with Gasteiger partial charge in [0.15, 0.2) is 15.3 Å². The standard InChI is InChI=1S/C21H20BrClO6S/c1-3-28-19(24)21(20(25)29-4-2)17(13-5-7-14(22)8-6-13)18(21)30(26,27)16-11-9-15(23)10-12-16/h5-12,17-18H,3-4H2,1-2H3/t17-,18+/m0/s1. The largest absolute Gasteiger partial charge is 0.465 e. The third-order valence-corrected chi connectivity index (χ3v) is 8.09. The highest BCUT2D eigenvalue weighted by molar-refractivity contribution is 9.10. The van der Waals surface area contributed by atoms with Crippen molar-refractivity contribution >= 4 is 49.3 Å². The maximum Gasteiger partial charge on any atom is 0.325 e. The number of hydrogen-bond donors (Lipinski definition) is 0. The summed E-state index contributed by atoms with van der Waals surface area (Å²) < 4.78 is 38.1. The van der Waals surface area contributed by atoms with E-state index < -0.39 is 38.4 Å². The quantitative estimate of drug-likeness (QED) is 0.407. The van der Waals surface area contributed by atoms with Crippen LogP contribution in [0.4, 0.5) is 0 Å². The molecule has 0 amide bonds. The second-order valence-electron chi connectivity index (χ2n) is 6.76. The Morgan fingerprint density at radius 2 is 1.47 bits per heavy atom. The highest BCUT2D eigenvalue weighted by Gasteiger charge is 2.81. The first-order valence-corrected chi connectivity index (χ1v) is 12.0. The summed E-state index contributed by atoms with van der Waals surface area (Å²) in [5, 5.41) is -0.985. The van der Waals surface area contributed by atoms with E-state index in [0.29, 0.717) is 10.6 Å². The van der Waals surface area contributed by atoms with Gasteiger partial charge in [0.05, 0.1) is 18.1 Å². The molecule has 2 aromatic carbocycles. The minimum atomic E-state index is -4.10. The number of carbonyl (C=O) groups excluding carboxylic acids is 2. The van der Waals surface area contributed by atoms with Crippen LogP contribution in [0.1, 0.15) is 25.3 Å². The van der Waals surface area contributed by atoms with E-state index in [-0.39, 0.29) is 18.1 Å². The Bertz CT molecular complexity index is 1030. The molecule has 2 atom stereocenters. The second-order valence-corrected chi connectivity index (χ2v) is 10.2. The van der Waals surface area contributed by atoms with Crippen LogP contribution in [0.3, 0.4) is 0 Å². The molecule has 2 aromatic rings. The summed E-state index contributed by atoms with van der Waals surface area (Å²) in [5.41, 5.74) is -1.44. The van der Waals surface area contributed by atoms with Gasteiger partial charge in [-0.05, 0) is 55.8 Å². The molecule has 6 nitrogen and oxygen atoms in total. The molecule has 9 heteroatoms. The van der Waals surface area contributed by atoms with Crippen LogP contribution in [0.5, 0.6) is 0 Å². The van der Waals surface area contributed by atoms with E-state index in [0.717, 1.165) is 4.47 Å². The lowest BCUT2D eigenvalue weighted by Crippen LogP contribution is -2.35. The van der Waals surface area contributed by atoms with Gasteiger partial charge in [-0.25, -0.2) is 8.42 Å². The molecule has 160 valence electrons. The van der Waals surface area contributed by atoms with Crippen LogP contribution in [0.25, 0.3) is 0 Å². The Labute approximate surface area is 188 Å². The number of sulfone groups is 1. The molecule has 0 N–H and O–H groups in total. The molecule has 0 aromatic heterocycles. The van der Waals surface area contributed by atoms with Gasteiger partial charge in [-0.3, -0.25) is 9.59 Å². The van der Waals surface area contributed by atoms with Gasteiger partial charge >= 0.3 is 11.9 Å². The zero-order valence-corrected chi connectivity index (χ0v) is 19.5. The third kappa shape index (κ3) is 3.76. The number of carbonyl (C=O) groups is 2. The van der Waals surface area contributed by atoms with Crippen molar-refractivity contribution in [2.75, 3.05) is 13.2 Å². The van der Waals surface area contributed by atoms with Gasteiger partial charge in [-0.1, -0.05) is 39.7 Å². The van der Waals surface area contributed by atoms with E-state index in [1.54, 1.807) is 38.1 Å². The molecule has 1 aliphatic carbocycles. The topological polar surface area (TPSA) is 86.7 Å². The van der Waals surface area contributed by atoms with E-state index >= 15 is 0 Å². The fourth-order valence-corrected chi connectivity index (χ4v) is 6.41. The number of esters is 2. The Hall–Kier alpha value is -1.90. The normalized spacial score (nSPS) is 19.7. The summed E-state index contributed by atoms with van der Waals surface area (Å²) >= 11 is 9.22.